The largest absolute Gasteiger partial charge is 0.300 e. The van der Waals surface area contributed by atoms with Crippen molar-refractivity contribution in [2.45, 2.75) is 47.0 Å². The van der Waals surface area contributed by atoms with E-state index in [-0.39, 0.29) is 11.7 Å². The Morgan fingerprint density at radius 1 is 1.20 bits per heavy atom. The van der Waals surface area contributed by atoms with Crippen molar-refractivity contribution in [2.24, 2.45) is 11.8 Å². The number of hydrogen-bond donors (Lipinski definition) is 0. The lowest BCUT2D eigenvalue weighted by molar-refractivity contribution is -0.119. The molecular formula is C13H22O2. The van der Waals surface area contributed by atoms with Gasteiger partial charge >= 0.3 is 0 Å². The van der Waals surface area contributed by atoms with Gasteiger partial charge in [-0.3, -0.25) is 9.59 Å². The van der Waals surface area contributed by atoms with Crippen molar-refractivity contribution in [1.82, 2.24) is 0 Å². The number of rotatable bonds is 7. The van der Waals surface area contributed by atoms with E-state index < -0.39 is 0 Å². The molecule has 0 N–H and O–H groups in total. The van der Waals surface area contributed by atoms with Crippen LogP contribution in [0.2, 0.25) is 0 Å². The maximum absolute atomic E-state index is 11.2. The minimum atomic E-state index is 0.0637. The van der Waals surface area contributed by atoms with Gasteiger partial charge in [-0.2, -0.15) is 0 Å². The molecule has 2 heteroatoms. The van der Waals surface area contributed by atoms with E-state index in [0.29, 0.717) is 24.5 Å². The molecule has 0 amide bonds. The average Bonchev–Trinajstić information content (AvgIpc) is 2.17. The van der Waals surface area contributed by atoms with Gasteiger partial charge < -0.3 is 0 Å². The third kappa shape index (κ3) is 7.06. The molecule has 1 unspecified atom stereocenters. The van der Waals surface area contributed by atoms with Crippen molar-refractivity contribution in [3.8, 4) is 0 Å². The first-order valence-electron chi connectivity index (χ1n) is 5.69. The Morgan fingerprint density at radius 2 is 1.80 bits per heavy atom. The van der Waals surface area contributed by atoms with Gasteiger partial charge in [0.15, 0.2) is 5.78 Å². The lowest BCUT2D eigenvalue weighted by atomic mass is 9.99. The molecule has 0 saturated heterocycles. The van der Waals surface area contributed by atoms with Gasteiger partial charge in [-0.15, -0.1) is 0 Å². The zero-order valence-electron chi connectivity index (χ0n) is 10.2. The summed E-state index contributed by atoms with van der Waals surface area (Å²) in [6.07, 6.45) is 5.56. The maximum Gasteiger partial charge on any atom is 0.157 e. The summed E-state index contributed by atoms with van der Waals surface area (Å²) >= 11 is 0. The number of carbonyl (C=O) groups is 2. The number of allylic oxidation sites excluding steroid dienone is 2. The van der Waals surface area contributed by atoms with Crippen LogP contribution < -0.4 is 0 Å². The van der Waals surface area contributed by atoms with Crippen molar-refractivity contribution in [2.75, 3.05) is 0 Å². The van der Waals surface area contributed by atoms with Crippen molar-refractivity contribution in [3.05, 3.63) is 12.2 Å². The van der Waals surface area contributed by atoms with Gasteiger partial charge in [0.05, 0.1) is 0 Å². The second kappa shape index (κ2) is 7.38. The van der Waals surface area contributed by atoms with Gasteiger partial charge in [0.2, 0.25) is 0 Å². The molecule has 0 aromatic rings. The van der Waals surface area contributed by atoms with E-state index in [2.05, 4.69) is 0 Å². The highest BCUT2D eigenvalue weighted by molar-refractivity contribution is 5.91. The molecule has 1 atom stereocenters. The predicted molar refractivity (Wildman–Crippen MR) is 62.7 cm³/mol. The second-order valence-electron chi connectivity index (χ2n) is 4.40. The number of hydrogen-bond acceptors (Lipinski definition) is 2. The normalized spacial score (nSPS) is 13.4. The average molecular weight is 210 g/mol. The SMILES string of the molecule is CCC(=O)CC(C)C/C=C/C(=O)C(C)C. The second-order valence-corrected chi connectivity index (χ2v) is 4.40. The van der Waals surface area contributed by atoms with Gasteiger partial charge in [0.25, 0.3) is 0 Å². The fourth-order valence-electron chi connectivity index (χ4n) is 1.23. The number of carbonyl (C=O) groups excluding carboxylic acids is 2. The van der Waals surface area contributed by atoms with Crippen molar-refractivity contribution < 1.29 is 9.59 Å². The van der Waals surface area contributed by atoms with Crippen molar-refractivity contribution in [3.63, 3.8) is 0 Å². The first-order valence-corrected chi connectivity index (χ1v) is 5.69. The fourth-order valence-corrected chi connectivity index (χ4v) is 1.23. The predicted octanol–water partition coefficient (Wildman–Crippen LogP) is 3.16. The number of Topliss-reactive ketones (excluding diaryl/α,β-unsaturated/α-hetero) is 1. The summed E-state index contributed by atoms with van der Waals surface area (Å²) in [6, 6.07) is 0. The van der Waals surface area contributed by atoms with Crippen LogP contribution in [0.4, 0.5) is 0 Å². The summed E-state index contributed by atoms with van der Waals surface area (Å²) in [4.78, 5) is 22.4. The minimum Gasteiger partial charge on any atom is -0.300 e. The van der Waals surface area contributed by atoms with Crippen LogP contribution in [0.3, 0.4) is 0 Å². The highest BCUT2D eigenvalue weighted by atomic mass is 16.1. The van der Waals surface area contributed by atoms with Crippen molar-refractivity contribution >= 4 is 11.6 Å². The Kier molecular flexibility index (Phi) is 6.93. The van der Waals surface area contributed by atoms with Crippen molar-refractivity contribution in [1.29, 1.82) is 0 Å². The van der Waals surface area contributed by atoms with Crippen LogP contribution in [-0.2, 0) is 9.59 Å². The van der Waals surface area contributed by atoms with Crippen LogP contribution >= 0.6 is 0 Å². The molecule has 0 aromatic carbocycles. The number of ketones is 2. The van der Waals surface area contributed by atoms with E-state index in [0.717, 1.165) is 6.42 Å². The van der Waals surface area contributed by atoms with E-state index in [9.17, 15) is 9.59 Å². The topological polar surface area (TPSA) is 34.1 Å². The van der Waals surface area contributed by atoms with Crippen LogP contribution in [-0.4, -0.2) is 11.6 Å². The fraction of sp³-hybridized carbons (Fsp3) is 0.692. The summed E-state index contributed by atoms with van der Waals surface area (Å²) in [7, 11) is 0. The molecule has 0 fully saturated rings. The summed E-state index contributed by atoms with van der Waals surface area (Å²) in [5, 5.41) is 0. The molecule has 0 spiro atoms. The maximum atomic E-state index is 11.2. The van der Waals surface area contributed by atoms with Crippen LogP contribution in [0.1, 0.15) is 47.0 Å². The molecule has 0 aliphatic carbocycles. The van der Waals surface area contributed by atoms with Crippen LogP contribution in [0, 0.1) is 11.8 Å². The minimum absolute atomic E-state index is 0.0637. The molecule has 0 aromatic heterocycles. The summed E-state index contributed by atoms with van der Waals surface area (Å²) in [5.41, 5.74) is 0. The Balaban J connectivity index is 3.85. The molecule has 0 saturated carbocycles. The molecule has 0 bridgehead atoms. The standard InChI is InChI=1S/C13H22O2/c1-5-12(14)9-11(4)7-6-8-13(15)10(2)3/h6,8,10-11H,5,7,9H2,1-4H3/b8-6+. The quantitative estimate of drug-likeness (QED) is 0.605. The van der Waals surface area contributed by atoms with E-state index in [1.807, 2.05) is 33.8 Å². The Hall–Kier alpha value is -0.920. The Bertz CT molecular complexity index is 239. The summed E-state index contributed by atoms with van der Waals surface area (Å²) < 4.78 is 0. The molecule has 0 aliphatic heterocycles. The Morgan fingerprint density at radius 3 is 2.27 bits per heavy atom. The van der Waals surface area contributed by atoms with Crippen LogP contribution in [0.25, 0.3) is 0 Å². The van der Waals surface area contributed by atoms with E-state index >= 15 is 0 Å². The highest BCUT2D eigenvalue weighted by Gasteiger charge is 2.06. The summed E-state index contributed by atoms with van der Waals surface area (Å²) in [6.45, 7) is 7.69. The molecule has 0 aliphatic rings. The van der Waals surface area contributed by atoms with Gasteiger partial charge in [0, 0.05) is 18.8 Å². The lowest BCUT2D eigenvalue weighted by Gasteiger charge is -2.06. The molecule has 15 heavy (non-hydrogen) atoms. The van der Waals surface area contributed by atoms with E-state index in [1.54, 1.807) is 6.08 Å². The monoisotopic (exact) mass is 210 g/mol. The van der Waals surface area contributed by atoms with Crippen LogP contribution in [0.15, 0.2) is 12.2 Å². The van der Waals surface area contributed by atoms with Gasteiger partial charge in [-0.25, -0.2) is 0 Å². The zero-order chi connectivity index (χ0) is 11.8. The highest BCUT2D eigenvalue weighted by Crippen LogP contribution is 2.10. The van der Waals surface area contributed by atoms with Gasteiger partial charge in [-0.05, 0) is 18.4 Å². The molecule has 0 radical (unpaired) electrons. The van der Waals surface area contributed by atoms with E-state index in [4.69, 9.17) is 0 Å². The zero-order valence-corrected chi connectivity index (χ0v) is 10.2. The Labute approximate surface area is 92.8 Å². The summed E-state index contributed by atoms with van der Waals surface area (Å²) in [5.74, 6) is 0.859. The van der Waals surface area contributed by atoms with Gasteiger partial charge in [0.1, 0.15) is 5.78 Å². The third-order valence-electron chi connectivity index (χ3n) is 2.36. The molecule has 86 valence electrons. The molecule has 0 heterocycles. The van der Waals surface area contributed by atoms with E-state index in [1.165, 1.54) is 0 Å². The lowest BCUT2D eigenvalue weighted by Crippen LogP contribution is -2.04. The smallest absolute Gasteiger partial charge is 0.157 e. The molecular weight excluding hydrogens is 188 g/mol. The first kappa shape index (κ1) is 14.1. The van der Waals surface area contributed by atoms with Crippen LogP contribution in [0.5, 0.6) is 0 Å². The first-order chi connectivity index (χ1) is 6.97. The molecule has 0 rings (SSSR count). The van der Waals surface area contributed by atoms with Gasteiger partial charge in [-0.1, -0.05) is 33.8 Å². The molecule has 2 nitrogen and oxygen atoms in total. The third-order valence-corrected chi connectivity index (χ3v) is 2.36.